The zero-order valence-corrected chi connectivity index (χ0v) is 13.9. The van der Waals surface area contributed by atoms with Gasteiger partial charge < -0.3 is 15.0 Å². The van der Waals surface area contributed by atoms with E-state index >= 15 is 0 Å². The normalized spacial score (nSPS) is 10.7. The Morgan fingerprint density at radius 1 is 1.43 bits per heavy atom. The summed E-state index contributed by atoms with van der Waals surface area (Å²) in [6.45, 7) is -0.488. The van der Waals surface area contributed by atoms with Crippen molar-refractivity contribution < 1.29 is 13.5 Å². The fourth-order valence-corrected chi connectivity index (χ4v) is 2.20. The largest absolute Gasteiger partial charge is 0.433 e. The Morgan fingerprint density at radius 2 is 2.17 bits per heavy atom. The predicted octanol–water partition coefficient (Wildman–Crippen LogP) is 3.16. The van der Waals surface area contributed by atoms with Crippen molar-refractivity contribution in [3.63, 3.8) is 0 Å². The summed E-state index contributed by atoms with van der Waals surface area (Å²) in [5, 5.41) is 7.45. The van der Waals surface area contributed by atoms with Crippen LogP contribution in [0.2, 0.25) is 0 Å². The lowest BCUT2D eigenvalue weighted by Crippen LogP contribution is -2.31. The lowest BCUT2D eigenvalue weighted by Gasteiger charge is -2.22. The Hall–Kier alpha value is -2.22. The van der Waals surface area contributed by atoms with E-state index in [1.807, 2.05) is 27.1 Å². The van der Waals surface area contributed by atoms with Crippen LogP contribution in [0.25, 0.3) is 0 Å². The molecule has 0 spiro atoms. The van der Waals surface area contributed by atoms with Crippen molar-refractivity contribution in [2.24, 2.45) is 7.05 Å². The third-order valence-corrected chi connectivity index (χ3v) is 3.67. The molecule has 0 atom stereocenters. The minimum atomic E-state index is -2.89. The molecule has 0 saturated heterocycles. The van der Waals surface area contributed by atoms with E-state index in [1.165, 1.54) is 6.07 Å². The molecule has 0 unspecified atom stereocenters. The average molecular weight is 340 g/mol. The molecule has 23 heavy (non-hydrogen) atoms. The second-order valence-corrected chi connectivity index (χ2v) is 5.50. The highest BCUT2D eigenvalue weighted by molar-refractivity contribution is 7.80. The number of aryl methyl sites for hydroxylation is 2. The number of halogens is 2. The van der Waals surface area contributed by atoms with Gasteiger partial charge in [0.05, 0.1) is 17.9 Å². The minimum Gasteiger partial charge on any atom is -0.433 e. The molecule has 1 N–H and O–H groups in total. The molecule has 0 bridgehead atoms. The number of thiocarbonyl (C=S) groups is 1. The van der Waals surface area contributed by atoms with Crippen LogP contribution in [0.1, 0.15) is 11.3 Å². The maximum absolute atomic E-state index is 12.5. The molecule has 124 valence electrons. The Labute approximate surface area is 138 Å². The van der Waals surface area contributed by atoms with Gasteiger partial charge in [-0.05, 0) is 42.9 Å². The Morgan fingerprint density at radius 3 is 2.78 bits per heavy atom. The van der Waals surface area contributed by atoms with Gasteiger partial charge in [-0.15, -0.1) is 0 Å². The molecule has 0 aliphatic carbocycles. The number of alkyl halides is 2. The molecule has 0 fully saturated rings. The highest BCUT2D eigenvalue weighted by Crippen LogP contribution is 2.27. The molecule has 0 aliphatic rings. The standard InChI is InChI=1S/C15H18F2N4OS/c1-10-4-5-13(22-14(16)17)12(8-10)19-15(23)20(2)9-11-6-7-18-21(11)3/h4-8,14H,9H2,1-3H3,(H,19,23). The van der Waals surface area contributed by atoms with Crippen LogP contribution in [-0.2, 0) is 13.6 Å². The molecule has 0 radical (unpaired) electrons. The molecular formula is C15H18F2N4OS. The van der Waals surface area contributed by atoms with E-state index in [0.29, 0.717) is 17.3 Å². The Bertz CT molecular complexity index is 690. The van der Waals surface area contributed by atoms with Gasteiger partial charge in [0, 0.05) is 20.3 Å². The summed E-state index contributed by atoms with van der Waals surface area (Å²) in [5.41, 5.74) is 2.29. The zero-order chi connectivity index (χ0) is 17.0. The quantitative estimate of drug-likeness (QED) is 0.847. The summed E-state index contributed by atoms with van der Waals surface area (Å²) in [4.78, 5) is 1.79. The Kier molecular flexibility index (Phi) is 5.49. The lowest BCUT2D eigenvalue weighted by molar-refractivity contribution is -0.0493. The SMILES string of the molecule is Cc1ccc(OC(F)F)c(NC(=S)N(C)Cc2ccnn2C)c1. The van der Waals surface area contributed by atoms with Gasteiger partial charge in [-0.3, -0.25) is 4.68 Å². The number of anilines is 1. The lowest BCUT2D eigenvalue weighted by atomic mass is 10.2. The smallest absolute Gasteiger partial charge is 0.387 e. The summed E-state index contributed by atoms with van der Waals surface area (Å²) in [6, 6.07) is 6.79. The first-order chi connectivity index (χ1) is 10.9. The van der Waals surface area contributed by atoms with Gasteiger partial charge >= 0.3 is 6.61 Å². The molecule has 0 amide bonds. The van der Waals surface area contributed by atoms with Crippen molar-refractivity contribution in [1.82, 2.24) is 14.7 Å². The summed E-state index contributed by atoms with van der Waals surface area (Å²) in [6.07, 6.45) is 1.70. The maximum Gasteiger partial charge on any atom is 0.387 e. The molecule has 1 heterocycles. The Balaban J connectivity index is 2.09. The topological polar surface area (TPSA) is 42.3 Å². The number of nitrogens with zero attached hydrogens (tertiary/aromatic N) is 3. The minimum absolute atomic E-state index is 0.0573. The molecule has 1 aromatic heterocycles. The van der Waals surface area contributed by atoms with Crippen molar-refractivity contribution >= 4 is 23.0 Å². The van der Waals surface area contributed by atoms with Gasteiger partial charge in [-0.25, -0.2) is 0 Å². The van der Waals surface area contributed by atoms with Crippen LogP contribution in [-0.4, -0.2) is 33.5 Å². The number of hydrogen-bond donors (Lipinski definition) is 1. The van der Waals surface area contributed by atoms with Gasteiger partial charge in [0.1, 0.15) is 5.75 Å². The third kappa shape index (κ3) is 4.62. The first-order valence-electron chi connectivity index (χ1n) is 6.91. The molecule has 2 aromatic rings. The van der Waals surface area contributed by atoms with Gasteiger partial charge in [-0.2, -0.15) is 13.9 Å². The van der Waals surface area contributed by atoms with Gasteiger partial charge in [0.15, 0.2) is 5.11 Å². The summed E-state index contributed by atoms with van der Waals surface area (Å²) >= 11 is 5.33. The molecule has 8 heteroatoms. The molecule has 1 aromatic carbocycles. The van der Waals surface area contributed by atoms with Crippen LogP contribution >= 0.6 is 12.2 Å². The maximum atomic E-state index is 12.5. The van der Waals surface area contributed by atoms with Gasteiger partial charge in [0.25, 0.3) is 0 Å². The number of nitrogens with one attached hydrogen (secondary N) is 1. The molecular weight excluding hydrogens is 322 g/mol. The van der Waals surface area contributed by atoms with Crippen LogP contribution in [0, 0.1) is 6.92 Å². The van der Waals surface area contributed by atoms with Crippen LogP contribution < -0.4 is 10.1 Å². The summed E-state index contributed by atoms with van der Waals surface area (Å²) in [5.74, 6) is 0.0573. The number of hydrogen-bond acceptors (Lipinski definition) is 3. The zero-order valence-electron chi connectivity index (χ0n) is 13.1. The molecule has 0 aliphatic heterocycles. The van der Waals surface area contributed by atoms with Crippen molar-refractivity contribution in [2.75, 3.05) is 12.4 Å². The molecule has 5 nitrogen and oxygen atoms in total. The monoisotopic (exact) mass is 340 g/mol. The number of rotatable bonds is 5. The van der Waals surface area contributed by atoms with Crippen molar-refractivity contribution in [3.8, 4) is 5.75 Å². The first-order valence-corrected chi connectivity index (χ1v) is 7.32. The van der Waals surface area contributed by atoms with Crippen LogP contribution in [0.3, 0.4) is 0 Å². The van der Waals surface area contributed by atoms with Crippen molar-refractivity contribution in [1.29, 1.82) is 0 Å². The fourth-order valence-electron chi connectivity index (χ4n) is 2.02. The second-order valence-electron chi connectivity index (χ2n) is 5.11. The summed E-state index contributed by atoms with van der Waals surface area (Å²) in [7, 11) is 3.65. The fraction of sp³-hybridized carbons (Fsp3) is 0.333. The van der Waals surface area contributed by atoms with Gasteiger partial charge in [-0.1, -0.05) is 6.07 Å². The highest BCUT2D eigenvalue weighted by atomic mass is 32.1. The van der Waals surface area contributed by atoms with Gasteiger partial charge in [0.2, 0.25) is 0 Å². The molecule has 2 rings (SSSR count). The van der Waals surface area contributed by atoms with Crippen molar-refractivity contribution in [2.45, 2.75) is 20.1 Å². The van der Waals surface area contributed by atoms with E-state index < -0.39 is 6.61 Å². The third-order valence-electron chi connectivity index (χ3n) is 3.26. The van der Waals surface area contributed by atoms with E-state index in [0.717, 1.165) is 11.3 Å². The number of benzene rings is 1. The van der Waals surface area contributed by atoms with Crippen LogP contribution in [0.4, 0.5) is 14.5 Å². The predicted molar refractivity (Wildman–Crippen MR) is 88.7 cm³/mol. The van der Waals surface area contributed by atoms with Crippen molar-refractivity contribution in [3.05, 3.63) is 41.7 Å². The highest BCUT2D eigenvalue weighted by Gasteiger charge is 2.13. The van der Waals surface area contributed by atoms with Crippen LogP contribution in [0.15, 0.2) is 30.5 Å². The first kappa shape index (κ1) is 17.1. The van der Waals surface area contributed by atoms with E-state index in [9.17, 15) is 8.78 Å². The molecule has 0 saturated carbocycles. The number of ether oxygens (including phenoxy) is 1. The summed E-state index contributed by atoms with van der Waals surface area (Å²) < 4.78 is 31.2. The van der Waals surface area contributed by atoms with E-state index in [-0.39, 0.29) is 5.75 Å². The van der Waals surface area contributed by atoms with E-state index in [1.54, 1.807) is 27.9 Å². The number of aromatic nitrogens is 2. The van der Waals surface area contributed by atoms with Crippen LogP contribution in [0.5, 0.6) is 5.75 Å². The second kappa shape index (κ2) is 7.36. The average Bonchev–Trinajstić information content (AvgIpc) is 2.86. The van der Waals surface area contributed by atoms with E-state index in [2.05, 4.69) is 15.2 Å². The van der Waals surface area contributed by atoms with E-state index in [4.69, 9.17) is 12.2 Å².